The minimum absolute atomic E-state index is 0.201. The molecule has 2 aromatic heterocycles. The van der Waals surface area contributed by atoms with Crippen molar-refractivity contribution < 1.29 is 4.79 Å². The summed E-state index contributed by atoms with van der Waals surface area (Å²) in [6.07, 6.45) is 3.60. The van der Waals surface area contributed by atoms with Crippen molar-refractivity contribution in [3.8, 4) is 21.1 Å². The summed E-state index contributed by atoms with van der Waals surface area (Å²) in [5, 5.41) is 0.900. The maximum Gasteiger partial charge on any atom is 0.170 e. The normalized spacial score (nSPS) is 15.9. The molecule has 0 saturated carbocycles. The summed E-state index contributed by atoms with van der Waals surface area (Å²) in [7, 11) is 0. The fourth-order valence-corrected chi connectivity index (χ4v) is 4.13. The lowest BCUT2D eigenvalue weighted by atomic mass is 9.75. The van der Waals surface area contributed by atoms with E-state index in [9.17, 15) is 4.79 Å². The summed E-state index contributed by atoms with van der Waals surface area (Å²) in [4.78, 5) is 23.0. The SMILES string of the molecule is Cc1cccc(-c2cnc(-c3ccc4c(n3)CCC(C)(C)C4=O)s2)c1. The number of thiazole rings is 1. The van der Waals surface area contributed by atoms with Gasteiger partial charge in [-0.15, -0.1) is 11.3 Å². The van der Waals surface area contributed by atoms with Crippen LogP contribution in [-0.4, -0.2) is 15.8 Å². The first-order valence-electron chi connectivity index (χ1n) is 8.52. The Morgan fingerprint density at radius 1 is 1.16 bits per heavy atom. The van der Waals surface area contributed by atoms with E-state index in [1.807, 2.05) is 32.2 Å². The van der Waals surface area contributed by atoms with E-state index in [-0.39, 0.29) is 11.2 Å². The molecule has 126 valence electrons. The predicted molar refractivity (Wildman–Crippen MR) is 102 cm³/mol. The number of hydrogen-bond acceptors (Lipinski definition) is 4. The van der Waals surface area contributed by atoms with E-state index in [0.29, 0.717) is 0 Å². The van der Waals surface area contributed by atoms with E-state index in [1.165, 1.54) is 11.1 Å². The summed E-state index contributed by atoms with van der Waals surface area (Å²) in [5.41, 5.74) is 4.68. The zero-order valence-electron chi connectivity index (χ0n) is 14.7. The molecule has 1 aliphatic carbocycles. The number of rotatable bonds is 2. The van der Waals surface area contributed by atoms with Gasteiger partial charge in [0.05, 0.1) is 16.3 Å². The molecule has 0 aliphatic heterocycles. The molecule has 2 heterocycles. The predicted octanol–water partition coefficient (Wildman–Crippen LogP) is 5.34. The van der Waals surface area contributed by atoms with Crippen molar-refractivity contribution >= 4 is 17.1 Å². The molecule has 0 fully saturated rings. The number of aromatic nitrogens is 2. The van der Waals surface area contributed by atoms with Crippen molar-refractivity contribution in [2.24, 2.45) is 5.41 Å². The lowest BCUT2D eigenvalue weighted by Crippen LogP contribution is -2.31. The molecule has 0 spiro atoms. The number of aryl methyl sites for hydroxylation is 2. The maximum atomic E-state index is 12.6. The van der Waals surface area contributed by atoms with Gasteiger partial charge in [0.25, 0.3) is 0 Å². The molecule has 0 radical (unpaired) electrons. The Labute approximate surface area is 151 Å². The number of carbonyl (C=O) groups is 1. The Morgan fingerprint density at radius 2 is 2.00 bits per heavy atom. The third-order valence-corrected chi connectivity index (χ3v) is 5.92. The zero-order valence-corrected chi connectivity index (χ0v) is 15.5. The number of fused-ring (bicyclic) bond motifs is 1. The van der Waals surface area contributed by atoms with Crippen LogP contribution in [0.5, 0.6) is 0 Å². The number of nitrogens with zero attached hydrogens (tertiary/aromatic N) is 2. The molecule has 4 rings (SSSR count). The van der Waals surface area contributed by atoms with Gasteiger partial charge in [-0.2, -0.15) is 0 Å². The van der Waals surface area contributed by atoms with Crippen LogP contribution in [0.4, 0.5) is 0 Å². The van der Waals surface area contributed by atoms with Gasteiger partial charge in [-0.25, -0.2) is 9.97 Å². The van der Waals surface area contributed by atoms with Crippen LogP contribution >= 0.6 is 11.3 Å². The Balaban J connectivity index is 1.69. The maximum absolute atomic E-state index is 12.6. The number of hydrogen-bond donors (Lipinski definition) is 0. The fraction of sp³-hybridized carbons (Fsp3) is 0.286. The highest BCUT2D eigenvalue weighted by atomic mass is 32.1. The second-order valence-corrected chi connectivity index (χ2v) is 8.33. The molecule has 0 N–H and O–H groups in total. The summed E-state index contributed by atoms with van der Waals surface area (Å²) in [6.45, 7) is 6.12. The quantitative estimate of drug-likeness (QED) is 0.628. The monoisotopic (exact) mass is 348 g/mol. The number of carbonyl (C=O) groups excluding carboxylic acids is 1. The zero-order chi connectivity index (χ0) is 17.6. The Morgan fingerprint density at radius 3 is 2.80 bits per heavy atom. The van der Waals surface area contributed by atoms with Crippen LogP contribution in [0.3, 0.4) is 0 Å². The van der Waals surface area contributed by atoms with Gasteiger partial charge in [0.2, 0.25) is 0 Å². The summed E-state index contributed by atoms with van der Waals surface area (Å²) >= 11 is 1.64. The molecular weight excluding hydrogens is 328 g/mol. The van der Waals surface area contributed by atoms with Crippen LogP contribution in [0.15, 0.2) is 42.6 Å². The molecule has 0 saturated heterocycles. The Bertz CT molecular complexity index is 972. The van der Waals surface area contributed by atoms with Gasteiger partial charge >= 0.3 is 0 Å². The van der Waals surface area contributed by atoms with Crippen molar-refractivity contribution in [2.75, 3.05) is 0 Å². The van der Waals surface area contributed by atoms with Gasteiger partial charge in [0, 0.05) is 17.2 Å². The highest BCUT2D eigenvalue weighted by molar-refractivity contribution is 7.18. The van der Waals surface area contributed by atoms with Gasteiger partial charge in [-0.05, 0) is 37.5 Å². The molecule has 1 aliphatic rings. The van der Waals surface area contributed by atoms with Crippen LogP contribution < -0.4 is 0 Å². The average molecular weight is 348 g/mol. The van der Waals surface area contributed by atoms with Crippen molar-refractivity contribution in [3.05, 3.63) is 59.4 Å². The largest absolute Gasteiger partial charge is 0.294 e. The lowest BCUT2D eigenvalue weighted by molar-refractivity contribution is 0.0809. The highest BCUT2D eigenvalue weighted by Gasteiger charge is 2.34. The van der Waals surface area contributed by atoms with Gasteiger partial charge in [0.15, 0.2) is 5.78 Å². The van der Waals surface area contributed by atoms with Crippen LogP contribution in [0.2, 0.25) is 0 Å². The smallest absolute Gasteiger partial charge is 0.170 e. The van der Waals surface area contributed by atoms with Crippen LogP contribution in [0, 0.1) is 12.3 Å². The first-order chi connectivity index (χ1) is 11.9. The van der Waals surface area contributed by atoms with Crippen LogP contribution in [0.1, 0.15) is 41.9 Å². The molecule has 1 aromatic carbocycles. The van der Waals surface area contributed by atoms with E-state index in [2.05, 4.69) is 36.2 Å². The van der Waals surface area contributed by atoms with Crippen LogP contribution in [0.25, 0.3) is 21.1 Å². The van der Waals surface area contributed by atoms with E-state index in [1.54, 1.807) is 11.3 Å². The Kier molecular flexibility index (Phi) is 3.80. The van der Waals surface area contributed by atoms with E-state index in [4.69, 9.17) is 4.98 Å². The standard InChI is InChI=1S/C21H20N2OS/c1-13-5-4-6-14(11-13)18-12-22-20(25-18)17-8-7-15-16(23-17)9-10-21(2,3)19(15)24/h4-8,11-12H,9-10H2,1-3H3. The number of pyridine rings is 1. The van der Waals surface area contributed by atoms with E-state index < -0.39 is 0 Å². The fourth-order valence-electron chi connectivity index (χ4n) is 3.25. The van der Waals surface area contributed by atoms with E-state index >= 15 is 0 Å². The molecule has 0 atom stereocenters. The van der Waals surface area contributed by atoms with Crippen molar-refractivity contribution in [1.29, 1.82) is 0 Å². The third-order valence-electron chi connectivity index (χ3n) is 4.85. The summed E-state index contributed by atoms with van der Waals surface area (Å²) in [6, 6.07) is 12.3. The van der Waals surface area contributed by atoms with Gasteiger partial charge in [-0.1, -0.05) is 43.7 Å². The topological polar surface area (TPSA) is 42.9 Å². The van der Waals surface area contributed by atoms with Crippen molar-refractivity contribution in [1.82, 2.24) is 9.97 Å². The highest BCUT2D eigenvalue weighted by Crippen LogP contribution is 2.36. The molecule has 0 unspecified atom stereocenters. The van der Waals surface area contributed by atoms with Crippen molar-refractivity contribution in [2.45, 2.75) is 33.6 Å². The first-order valence-corrected chi connectivity index (χ1v) is 9.34. The van der Waals surface area contributed by atoms with Gasteiger partial charge in [-0.3, -0.25) is 4.79 Å². The van der Waals surface area contributed by atoms with Crippen LogP contribution in [-0.2, 0) is 6.42 Å². The number of ketones is 1. The molecule has 25 heavy (non-hydrogen) atoms. The molecule has 3 nitrogen and oxygen atoms in total. The molecule has 4 heteroatoms. The van der Waals surface area contributed by atoms with Crippen molar-refractivity contribution in [3.63, 3.8) is 0 Å². The third kappa shape index (κ3) is 2.91. The summed E-state index contributed by atoms with van der Waals surface area (Å²) in [5.74, 6) is 0.201. The molecular formula is C21H20N2OS. The van der Waals surface area contributed by atoms with E-state index in [0.717, 1.165) is 39.7 Å². The average Bonchev–Trinajstić information content (AvgIpc) is 3.08. The second-order valence-electron chi connectivity index (χ2n) is 7.30. The first kappa shape index (κ1) is 16.2. The number of benzene rings is 1. The number of Topliss-reactive ketones (excluding diaryl/α,β-unsaturated/α-hetero) is 1. The Hall–Kier alpha value is -2.33. The minimum atomic E-state index is -0.282. The minimum Gasteiger partial charge on any atom is -0.294 e. The van der Waals surface area contributed by atoms with Gasteiger partial charge < -0.3 is 0 Å². The molecule has 0 amide bonds. The lowest BCUT2D eigenvalue weighted by Gasteiger charge is -2.28. The molecule has 3 aromatic rings. The second kappa shape index (κ2) is 5.88. The molecule has 0 bridgehead atoms. The summed E-state index contributed by atoms with van der Waals surface area (Å²) < 4.78 is 0. The van der Waals surface area contributed by atoms with Gasteiger partial charge in [0.1, 0.15) is 5.01 Å².